The van der Waals surface area contributed by atoms with Gasteiger partial charge in [-0.25, -0.2) is 0 Å². The molecule has 0 fully saturated rings. The van der Waals surface area contributed by atoms with Crippen LogP contribution in [0.1, 0.15) is 18.4 Å². The van der Waals surface area contributed by atoms with Crippen LogP contribution in [0.4, 0.5) is 5.69 Å². The highest BCUT2D eigenvalue weighted by atomic mass is 16.5. The summed E-state index contributed by atoms with van der Waals surface area (Å²) in [5, 5.41) is 8.62. The Morgan fingerprint density at radius 3 is 2.65 bits per heavy atom. The van der Waals surface area contributed by atoms with Crippen LogP contribution < -0.4 is 9.64 Å². The maximum absolute atomic E-state index is 10.5. The minimum atomic E-state index is -0.745. The van der Waals surface area contributed by atoms with Crippen molar-refractivity contribution in [3.8, 4) is 5.75 Å². The molecule has 1 N–H and O–H groups in total. The molecule has 0 aliphatic heterocycles. The molecule has 0 bridgehead atoms. The van der Waals surface area contributed by atoms with Gasteiger partial charge >= 0.3 is 5.97 Å². The molecule has 1 rings (SSSR count). The van der Waals surface area contributed by atoms with Crippen LogP contribution in [0.25, 0.3) is 0 Å². The van der Waals surface area contributed by atoms with Gasteiger partial charge in [-0.1, -0.05) is 6.07 Å². The lowest BCUT2D eigenvalue weighted by Crippen LogP contribution is -2.11. The van der Waals surface area contributed by atoms with Crippen molar-refractivity contribution < 1.29 is 14.6 Å². The van der Waals surface area contributed by atoms with Gasteiger partial charge < -0.3 is 14.7 Å². The van der Waals surface area contributed by atoms with Crippen LogP contribution in [-0.2, 0) is 11.2 Å². The highest BCUT2D eigenvalue weighted by Crippen LogP contribution is 2.25. The number of aryl methyl sites for hydroxylation is 1. The molecular weight excluding hydrogens is 218 g/mol. The first-order valence-corrected chi connectivity index (χ1v) is 5.60. The molecule has 0 unspecified atom stereocenters. The van der Waals surface area contributed by atoms with Crippen LogP contribution in [-0.4, -0.2) is 32.3 Å². The number of ether oxygens (including phenoxy) is 1. The molecule has 0 aliphatic rings. The van der Waals surface area contributed by atoms with E-state index in [0.29, 0.717) is 6.42 Å². The van der Waals surface area contributed by atoms with Crippen molar-refractivity contribution >= 4 is 11.7 Å². The summed E-state index contributed by atoms with van der Waals surface area (Å²) in [5.74, 6) is 0.0700. The Bertz CT molecular complexity index is 388. The van der Waals surface area contributed by atoms with Crippen LogP contribution in [0.5, 0.6) is 5.75 Å². The topological polar surface area (TPSA) is 49.8 Å². The van der Waals surface area contributed by atoms with Crippen molar-refractivity contribution in [3.63, 3.8) is 0 Å². The lowest BCUT2D eigenvalue weighted by atomic mass is 10.1. The molecule has 0 heterocycles. The Balaban J connectivity index is 2.79. The number of methoxy groups -OCH3 is 1. The van der Waals surface area contributed by atoms with Gasteiger partial charge in [0.15, 0.2) is 0 Å². The predicted octanol–water partition coefficient (Wildman–Crippen LogP) is 2.17. The number of hydrogen-bond donors (Lipinski definition) is 1. The van der Waals surface area contributed by atoms with Crippen LogP contribution in [0.3, 0.4) is 0 Å². The predicted molar refractivity (Wildman–Crippen MR) is 67.9 cm³/mol. The number of anilines is 1. The second kappa shape index (κ2) is 6.13. The van der Waals surface area contributed by atoms with E-state index in [0.717, 1.165) is 23.4 Å². The first-order chi connectivity index (χ1) is 8.04. The SMILES string of the molecule is COc1ccc(CCCC(=O)O)c(N(C)C)c1. The minimum Gasteiger partial charge on any atom is -0.497 e. The zero-order valence-corrected chi connectivity index (χ0v) is 10.6. The highest BCUT2D eigenvalue weighted by molar-refractivity contribution is 5.66. The van der Waals surface area contributed by atoms with Gasteiger partial charge in [0, 0.05) is 32.3 Å². The third kappa shape index (κ3) is 3.98. The summed E-state index contributed by atoms with van der Waals surface area (Å²) in [6.45, 7) is 0. The summed E-state index contributed by atoms with van der Waals surface area (Å²) < 4.78 is 5.18. The Labute approximate surface area is 102 Å². The number of hydrogen-bond acceptors (Lipinski definition) is 3. The number of rotatable bonds is 6. The molecule has 4 heteroatoms. The van der Waals surface area contributed by atoms with Gasteiger partial charge in [0.1, 0.15) is 5.75 Å². The van der Waals surface area contributed by atoms with E-state index in [9.17, 15) is 4.79 Å². The molecule has 0 spiro atoms. The van der Waals surface area contributed by atoms with Crippen LogP contribution in [0.2, 0.25) is 0 Å². The first kappa shape index (κ1) is 13.4. The van der Waals surface area contributed by atoms with Gasteiger partial charge in [-0.15, -0.1) is 0 Å². The second-order valence-electron chi connectivity index (χ2n) is 4.14. The van der Waals surface area contributed by atoms with Gasteiger partial charge in [0.05, 0.1) is 7.11 Å². The van der Waals surface area contributed by atoms with Gasteiger partial charge in [-0.3, -0.25) is 4.79 Å². The van der Waals surface area contributed by atoms with Gasteiger partial charge in [-0.05, 0) is 24.5 Å². The minimum absolute atomic E-state index is 0.207. The molecule has 0 saturated heterocycles. The summed E-state index contributed by atoms with van der Waals surface area (Å²) in [7, 11) is 5.57. The molecule has 0 atom stereocenters. The molecule has 4 nitrogen and oxygen atoms in total. The van der Waals surface area contributed by atoms with Crippen molar-refractivity contribution in [3.05, 3.63) is 23.8 Å². The standard InChI is InChI=1S/C13H19NO3/c1-14(2)12-9-11(17-3)8-7-10(12)5-4-6-13(15)16/h7-9H,4-6H2,1-3H3,(H,15,16). The molecular formula is C13H19NO3. The fourth-order valence-corrected chi connectivity index (χ4v) is 1.73. The summed E-state index contributed by atoms with van der Waals surface area (Å²) in [6, 6.07) is 5.87. The average molecular weight is 237 g/mol. The average Bonchev–Trinajstić information content (AvgIpc) is 2.28. The maximum atomic E-state index is 10.5. The second-order valence-corrected chi connectivity index (χ2v) is 4.14. The van der Waals surface area contributed by atoms with E-state index in [2.05, 4.69) is 0 Å². The fraction of sp³-hybridized carbons (Fsp3) is 0.462. The smallest absolute Gasteiger partial charge is 0.303 e. The number of benzene rings is 1. The zero-order chi connectivity index (χ0) is 12.8. The van der Waals surface area contributed by atoms with Gasteiger partial charge in [0.2, 0.25) is 0 Å². The molecule has 17 heavy (non-hydrogen) atoms. The Morgan fingerprint density at radius 1 is 1.41 bits per heavy atom. The Hall–Kier alpha value is -1.71. The molecule has 0 aromatic heterocycles. The molecule has 1 aromatic carbocycles. The van der Waals surface area contributed by atoms with E-state index in [1.54, 1.807) is 7.11 Å². The van der Waals surface area contributed by atoms with Crippen molar-refractivity contribution in [2.45, 2.75) is 19.3 Å². The van der Waals surface area contributed by atoms with Crippen molar-refractivity contribution in [2.24, 2.45) is 0 Å². The molecule has 0 radical (unpaired) electrons. The Morgan fingerprint density at radius 2 is 2.12 bits per heavy atom. The highest BCUT2D eigenvalue weighted by Gasteiger charge is 2.07. The number of carboxylic acid groups (broad SMARTS) is 1. The number of carbonyl (C=O) groups is 1. The number of carboxylic acids is 1. The van der Waals surface area contributed by atoms with Crippen LogP contribution in [0.15, 0.2) is 18.2 Å². The van der Waals surface area contributed by atoms with E-state index in [1.165, 1.54) is 0 Å². The van der Waals surface area contributed by atoms with Crippen molar-refractivity contribution in [2.75, 3.05) is 26.1 Å². The Kier molecular flexibility index (Phi) is 4.82. The molecule has 1 aromatic rings. The monoisotopic (exact) mass is 237 g/mol. The summed E-state index contributed by atoms with van der Waals surface area (Å²) in [6.07, 6.45) is 1.63. The van der Waals surface area contributed by atoms with E-state index in [1.807, 2.05) is 37.2 Å². The van der Waals surface area contributed by atoms with Gasteiger partial charge in [0.25, 0.3) is 0 Å². The molecule has 94 valence electrons. The summed E-state index contributed by atoms with van der Waals surface area (Å²) in [5.41, 5.74) is 2.23. The summed E-state index contributed by atoms with van der Waals surface area (Å²) in [4.78, 5) is 12.5. The van der Waals surface area contributed by atoms with E-state index in [-0.39, 0.29) is 6.42 Å². The van der Waals surface area contributed by atoms with Crippen molar-refractivity contribution in [1.29, 1.82) is 0 Å². The summed E-state index contributed by atoms with van der Waals surface area (Å²) >= 11 is 0. The van der Waals surface area contributed by atoms with Crippen LogP contribution in [0, 0.1) is 0 Å². The first-order valence-electron chi connectivity index (χ1n) is 5.60. The van der Waals surface area contributed by atoms with E-state index in [4.69, 9.17) is 9.84 Å². The third-order valence-electron chi connectivity index (χ3n) is 2.61. The number of aliphatic carboxylic acids is 1. The molecule has 0 saturated carbocycles. The van der Waals surface area contributed by atoms with E-state index >= 15 is 0 Å². The third-order valence-corrected chi connectivity index (χ3v) is 2.61. The van der Waals surface area contributed by atoms with E-state index < -0.39 is 5.97 Å². The van der Waals surface area contributed by atoms with Gasteiger partial charge in [-0.2, -0.15) is 0 Å². The van der Waals surface area contributed by atoms with Crippen molar-refractivity contribution in [1.82, 2.24) is 0 Å². The van der Waals surface area contributed by atoms with Crippen LogP contribution >= 0.6 is 0 Å². The quantitative estimate of drug-likeness (QED) is 0.823. The maximum Gasteiger partial charge on any atom is 0.303 e. The lowest BCUT2D eigenvalue weighted by molar-refractivity contribution is -0.137. The molecule has 0 amide bonds. The largest absolute Gasteiger partial charge is 0.497 e. The molecule has 0 aliphatic carbocycles. The lowest BCUT2D eigenvalue weighted by Gasteiger charge is -2.18. The normalized spacial score (nSPS) is 10.1. The number of nitrogens with zero attached hydrogens (tertiary/aromatic N) is 1. The zero-order valence-electron chi connectivity index (χ0n) is 10.6. The fourth-order valence-electron chi connectivity index (χ4n) is 1.73.